The Morgan fingerprint density at radius 3 is 2.47 bits per heavy atom. The van der Waals surface area contributed by atoms with Gasteiger partial charge in [-0.05, 0) is 61.4 Å². The van der Waals surface area contributed by atoms with Crippen LogP contribution in [0.2, 0.25) is 0 Å². The summed E-state index contributed by atoms with van der Waals surface area (Å²) in [7, 11) is 1.60. The van der Waals surface area contributed by atoms with E-state index in [9.17, 15) is 19.6 Å². The van der Waals surface area contributed by atoms with E-state index in [0.29, 0.717) is 17.0 Å². The molecule has 2 amide bonds. The first kappa shape index (κ1) is 26.1. The highest BCUT2D eigenvalue weighted by Crippen LogP contribution is 2.33. The Bertz CT molecular complexity index is 1530. The summed E-state index contributed by atoms with van der Waals surface area (Å²) in [6, 6.07) is 17.1. The van der Waals surface area contributed by atoms with E-state index in [4.69, 9.17) is 14.6 Å². The van der Waals surface area contributed by atoms with Gasteiger partial charge in [0, 0.05) is 29.8 Å². The van der Waals surface area contributed by atoms with Crippen molar-refractivity contribution < 1.29 is 23.9 Å². The number of aryl methyl sites for hydroxylation is 1. The van der Waals surface area contributed by atoms with Crippen molar-refractivity contribution in [2.24, 2.45) is 0 Å². The number of benzene rings is 2. The molecular formula is C29H26N4O5. The van der Waals surface area contributed by atoms with E-state index in [1.165, 1.54) is 6.92 Å². The third kappa shape index (κ3) is 5.11. The van der Waals surface area contributed by atoms with Gasteiger partial charge < -0.3 is 9.47 Å². The van der Waals surface area contributed by atoms with Crippen LogP contribution in [-0.4, -0.2) is 52.7 Å². The molecule has 1 aliphatic heterocycles. The summed E-state index contributed by atoms with van der Waals surface area (Å²) in [5.41, 5.74) is 4.13. The SMILES string of the molecule is COc1ccc(-c2nn(-c3ccccc3)cc2/C=C2/C(=O)N(CCOC(C)=O)C(=O)C(C#N)=C2C)c(C)c1. The number of ether oxygens (including phenoxy) is 2. The van der Waals surface area contributed by atoms with Crippen LogP contribution in [0.3, 0.4) is 0 Å². The van der Waals surface area contributed by atoms with Crippen molar-refractivity contribution in [1.29, 1.82) is 5.26 Å². The lowest BCUT2D eigenvalue weighted by atomic mass is 9.93. The maximum absolute atomic E-state index is 13.5. The van der Waals surface area contributed by atoms with E-state index < -0.39 is 17.8 Å². The molecule has 0 aliphatic carbocycles. The molecule has 0 radical (unpaired) electrons. The molecule has 0 bridgehead atoms. The van der Waals surface area contributed by atoms with Crippen molar-refractivity contribution >= 4 is 23.9 Å². The highest BCUT2D eigenvalue weighted by Gasteiger charge is 2.35. The summed E-state index contributed by atoms with van der Waals surface area (Å²) in [6.45, 7) is 4.42. The van der Waals surface area contributed by atoms with E-state index in [0.717, 1.165) is 21.7 Å². The molecule has 0 unspecified atom stereocenters. The molecule has 1 aromatic heterocycles. The monoisotopic (exact) mass is 510 g/mol. The first-order valence-corrected chi connectivity index (χ1v) is 11.9. The van der Waals surface area contributed by atoms with E-state index >= 15 is 0 Å². The van der Waals surface area contributed by atoms with Crippen LogP contribution in [0, 0.1) is 18.3 Å². The van der Waals surface area contributed by atoms with Crippen molar-refractivity contribution in [2.45, 2.75) is 20.8 Å². The topological polar surface area (TPSA) is 115 Å². The van der Waals surface area contributed by atoms with Gasteiger partial charge >= 0.3 is 5.97 Å². The van der Waals surface area contributed by atoms with Gasteiger partial charge in [0.05, 0.1) is 19.3 Å². The second kappa shape index (κ2) is 11.0. The Balaban J connectivity index is 1.87. The van der Waals surface area contributed by atoms with Gasteiger partial charge in [-0.1, -0.05) is 18.2 Å². The van der Waals surface area contributed by atoms with Gasteiger partial charge in [-0.2, -0.15) is 10.4 Å². The van der Waals surface area contributed by atoms with Crippen LogP contribution in [0.15, 0.2) is 71.4 Å². The first-order chi connectivity index (χ1) is 18.2. The molecular weight excluding hydrogens is 484 g/mol. The summed E-state index contributed by atoms with van der Waals surface area (Å²) in [5.74, 6) is -1.12. The largest absolute Gasteiger partial charge is 0.497 e. The minimum atomic E-state index is -0.717. The van der Waals surface area contributed by atoms with Crippen molar-refractivity contribution in [3.63, 3.8) is 0 Å². The predicted molar refractivity (Wildman–Crippen MR) is 140 cm³/mol. The number of nitriles is 1. The van der Waals surface area contributed by atoms with Crippen molar-refractivity contribution in [1.82, 2.24) is 14.7 Å². The van der Waals surface area contributed by atoms with Crippen molar-refractivity contribution in [3.8, 4) is 28.8 Å². The van der Waals surface area contributed by atoms with E-state index in [1.807, 2.05) is 61.5 Å². The summed E-state index contributed by atoms with van der Waals surface area (Å²) in [4.78, 5) is 38.5. The van der Waals surface area contributed by atoms with Crippen molar-refractivity contribution in [2.75, 3.05) is 20.3 Å². The number of rotatable bonds is 7. The number of hydrogen-bond acceptors (Lipinski definition) is 7. The second-order valence-corrected chi connectivity index (χ2v) is 8.67. The zero-order valence-electron chi connectivity index (χ0n) is 21.5. The van der Waals surface area contributed by atoms with Gasteiger partial charge in [-0.15, -0.1) is 0 Å². The number of amides is 2. The highest BCUT2D eigenvalue weighted by molar-refractivity contribution is 6.19. The minimum Gasteiger partial charge on any atom is -0.497 e. The molecule has 0 N–H and O–H groups in total. The number of para-hydroxylation sites is 1. The van der Waals surface area contributed by atoms with E-state index in [-0.39, 0.29) is 29.9 Å². The lowest BCUT2D eigenvalue weighted by Crippen LogP contribution is -2.44. The van der Waals surface area contributed by atoms with E-state index in [2.05, 4.69) is 0 Å². The van der Waals surface area contributed by atoms with Gasteiger partial charge in [-0.3, -0.25) is 19.3 Å². The van der Waals surface area contributed by atoms with Crippen molar-refractivity contribution in [3.05, 3.63) is 82.6 Å². The van der Waals surface area contributed by atoms with Crippen LogP contribution in [0.4, 0.5) is 0 Å². The van der Waals surface area contributed by atoms with Crippen LogP contribution in [0.25, 0.3) is 23.0 Å². The van der Waals surface area contributed by atoms with Crippen LogP contribution in [-0.2, 0) is 19.1 Å². The zero-order valence-corrected chi connectivity index (χ0v) is 21.5. The molecule has 0 fully saturated rings. The molecule has 38 heavy (non-hydrogen) atoms. The number of nitrogens with zero attached hydrogens (tertiary/aromatic N) is 4. The Morgan fingerprint density at radius 1 is 1.11 bits per heavy atom. The average Bonchev–Trinajstić information content (AvgIpc) is 3.32. The molecule has 192 valence electrons. The lowest BCUT2D eigenvalue weighted by Gasteiger charge is -2.27. The molecule has 0 saturated carbocycles. The fourth-order valence-electron chi connectivity index (χ4n) is 4.21. The highest BCUT2D eigenvalue weighted by atomic mass is 16.5. The van der Waals surface area contributed by atoms with Crippen LogP contribution in [0.1, 0.15) is 25.0 Å². The smallest absolute Gasteiger partial charge is 0.302 e. The molecule has 9 nitrogen and oxygen atoms in total. The van der Waals surface area contributed by atoms with Crippen LogP contribution in [0.5, 0.6) is 5.75 Å². The Labute approximate surface area is 220 Å². The van der Waals surface area contributed by atoms with Gasteiger partial charge in [0.15, 0.2) is 0 Å². The number of esters is 1. The summed E-state index contributed by atoms with van der Waals surface area (Å²) in [5, 5.41) is 14.5. The molecule has 3 aromatic rings. The van der Waals surface area contributed by atoms with Gasteiger partial charge in [0.25, 0.3) is 11.8 Å². The maximum atomic E-state index is 13.5. The molecule has 2 heterocycles. The number of methoxy groups -OCH3 is 1. The summed E-state index contributed by atoms with van der Waals surface area (Å²) in [6.07, 6.45) is 3.44. The Kier molecular flexibility index (Phi) is 7.53. The molecule has 4 rings (SSSR count). The number of carbonyl (C=O) groups is 3. The number of aromatic nitrogens is 2. The molecule has 0 spiro atoms. The third-order valence-corrected chi connectivity index (χ3v) is 6.20. The molecule has 0 atom stereocenters. The fraction of sp³-hybridized carbons (Fsp3) is 0.207. The molecule has 9 heteroatoms. The second-order valence-electron chi connectivity index (χ2n) is 8.67. The summed E-state index contributed by atoms with van der Waals surface area (Å²) >= 11 is 0. The summed E-state index contributed by atoms with van der Waals surface area (Å²) < 4.78 is 12.0. The number of hydrogen-bond donors (Lipinski definition) is 0. The van der Waals surface area contributed by atoms with Crippen LogP contribution < -0.4 is 4.74 Å². The van der Waals surface area contributed by atoms with Gasteiger partial charge in [0.2, 0.25) is 0 Å². The van der Waals surface area contributed by atoms with Gasteiger partial charge in [-0.25, -0.2) is 4.68 Å². The molecule has 0 saturated heterocycles. The quantitative estimate of drug-likeness (QED) is 0.268. The number of imide groups is 1. The fourth-order valence-corrected chi connectivity index (χ4v) is 4.21. The first-order valence-electron chi connectivity index (χ1n) is 11.9. The Morgan fingerprint density at radius 2 is 1.84 bits per heavy atom. The van der Waals surface area contributed by atoms with Crippen LogP contribution >= 0.6 is 0 Å². The normalized spacial score (nSPS) is 14.6. The lowest BCUT2D eigenvalue weighted by molar-refractivity contribution is -0.147. The minimum absolute atomic E-state index is 0.142. The predicted octanol–water partition coefficient (Wildman–Crippen LogP) is 4.01. The maximum Gasteiger partial charge on any atom is 0.302 e. The zero-order chi connectivity index (χ0) is 27.4. The van der Waals surface area contributed by atoms with Gasteiger partial charge in [0.1, 0.15) is 29.7 Å². The third-order valence-electron chi connectivity index (χ3n) is 6.20. The standard InChI is InChI=1S/C29H26N4O5/c1-18-14-23(37-4)10-11-24(18)27-21(17-33(31-27)22-8-6-5-7-9-22)15-25-19(2)26(16-30)29(36)32(28(25)35)12-13-38-20(3)34/h5-11,14-15,17H,12-13H2,1-4H3/b25-15+. The average molecular weight is 511 g/mol. The number of carbonyl (C=O) groups excluding carboxylic acids is 3. The molecule has 1 aliphatic rings. The molecule has 2 aromatic carbocycles. The Hall–Kier alpha value is -4.97. The van der Waals surface area contributed by atoms with E-state index in [1.54, 1.807) is 31.0 Å².